The standard InChI is InChI=1S/C22H21N7O/c1-29(19-15-20(30)28-21(26-19)16-7-3-2-4-8-16)18-11-14-25-22(27-18)24-13-10-17-9-5-6-12-23-17/h2-9,11-12,14-15H,10,13H2,1H3,(H,24,25,27)(H,26,28,30). The molecule has 0 spiro atoms. The maximum Gasteiger partial charge on any atom is 0.224 e. The highest BCUT2D eigenvalue weighted by Gasteiger charge is 2.13. The van der Waals surface area contributed by atoms with Gasteiger partial charge < -0.3 is 15.3 Å². The molecule has 1 aromatic carbocycles. The van der Waals surface area contributed by atoms with Crippen molar-refractivity contribution in [2.45, 2.75) is 6.42 Å². The van der Waals surface area contributed by atoms with E-state index in [1.807, 2.05) is 55.6 Å². The number of hydrogen-bond acceptors (Lipinski definition) is 8. The summed E-state index contributed by atoms with van der Waals surface area (Å²) in [7, 11) is 1.83. The lowest BCUT2D eigenvalue weighted by molar-refractivity contribution is 0.453. The number of pyridine rings is 1. The van der Waals surface area contributed by atoms with Crippen LogP contribution in [0.4, 0.5) is 17.6 Å². The third kappa shape index (κ3) is 4.67. The molecule has 0 saturated carbocycles. The van der Waals surface area contributed by atoms with Gasteiger partial charge in [0, 0.05) is 49.7 Å². The molecule has 3 heterocycles. The monoisotopic (exact) mass is 399 g/mol. The van der Waals surface area contributed by atoms with E-state index in [4.69, 9.17) is 0 Å². The van der Waals surface area contributed by atoms with E-state index < -0.39 is 0 Å². The van der Waals surface area contributed by atoms with Crippen molar-refractivity contribution in [2.24, 2.45) is 0 Å². The fraction of sp³-hybridized carbons (Fsp3) is 0.136. The van der Waals surface area contributed by atoms with Crippen LogP contribution in [0.3, 0.4) is 0 Å². The zero-order valence-electron chi connectivity index (χ0n) is 16.5. The van der Waals surface area contributed by atoms with Crippen molar-refractivity contribution in [1.82, 2.24) is 24.9 Å². The second-order valence-corrected chi connectivity index (χ2v) is 6.57. The van der Waals surface area contributed by atoms with Crippen LogP contribution >= 0.6 is 0 Å². The van der Waals surface area contributed by atoms with E-state index in [1.54, 1.807) is 23.4 Å². The maximum absolute atomic E-state index is 10.1. The number of nitrogens with zero attached hydrogens (tertiary/aromatic N) is 6. The first-order valence-corrected chi connectivity index (χ1v) is 9.53. The molecule has 3 aromatic heterocycles. The molecule has 0 unspecified atom stereocenters. The number of anilines is 3. The van der Waals surface area contributed by atoms with Gasteiger partial charge in [-0.1, -0.05) is 36.4 Å². The van der Waals surface area contributed by atoms with E-state index in [1.165, 1.54) is 6.07 Å². The summed E-state index contributed by atoms with van der Waals surface area (Å²) in [4.78, 5) is 23.6. The minimum absolute atomic E-state index is 0.103. The van der Waals surface area contributed by atoms with Gasteiger partial charge in [0.15, 0.2) is 5.82 Å². The first-order chi connectivity index (χ1) is 14.7. The highest BCUT2D eigenvalue weighted by molar-refractivity contribution is 5.62. The number of nitrogens with one attached hydrogen (secondary N) is 1. The number of rotatable bonds is 7. The maximum atomic E-state index is 10.1. The van der Waals surface area contributed by atoms with Crippen LogP contribution in [0.25, 0.3) is 11.4 Å². The molecule has 0 radical (unpaired) electrons. The van der Waals surface area contributed by atoms with Crippen LogP contribution < -0.4 is 10.2 Å². The van der Waals surface area contributed by atoms with Crippen molar-refractivity contribution in [2.75, 3.05) is 23.8 Å². The van der Waals surface area contributed by atoms with E-state index >= 15 is 0 Å². The number of aromatic hydroxyl groups is 1. The summed E-state index contributed by atoms with van der Waals surface area (Å²) < 4.78 is 0. The topological polar surface area (TPSA) is 100.0 Å². The Hall–Kier alpha value is -4.07. The van der Waals surface area contributed by atoms with Gasteiger partial charge in [-0.15, -0.1) is 0 Å². The van der Waals surface area contributed by atoms with Crippen LogP contribution in [0.15, 0.2) is 73.1 Å². The molecule has 30 heavy (non-hydrogen) atoms. The second kappa shape index (κ2) is 8.95. The minimum atomic E-state index is -0.103. The predicted octanol–water partition coefficient (Wildman–Crippen LogP) is 3.46. The Morgan fingerprint density at radius 2 is 1.70 bits per heavy atom. The summed E-state index contributed by atoms with van der Waals surface area (Å²) >= 11 is 0. The van der Waals surface area contributed by atoms with Crippen LogP contribution in [0, 0.1) is 0 Å². The summed E-state index contributed by atoms with van der Waals surface area (Å²) in [6, 6.07) is 18.6. The minimum Gasteiger partial charge on any atom is -0.493 e. The molecule has 8 nitrogen and oxygen atoms in total. The number of benzene rings is 1. The molecule has 4 aromatic rings. The van der Waals surface area contributed by atoms with Crippen LogP contribution in [0.2, 0.25) is 0 Å². The molecule has 0 aliphatic heterocycles. The van der Waals surface area contributed by atoms with Gasteiger partial charge in [-0.2, -0.15) is 9.97 Å². The lowest BCUT2D eigenvalue weighted by Crippen LogP contribution is -2.15. The Kier molecular flexibility index (Phi) is 5.75. The summed E-state index contributed by atoms with van der Waals surface area (Å²) in [6.45, 7) is 0.663. The quantitative estimate of drug-likeness (QED) is 0.487. The first kappa shape index (κ1) is 19.3. The van der Waals surface area contributed by atoms with Crippen molar-refractivity contribution >= 4 is 17.6 Å². The van der Waals surface area contributed by atoms with Gasteiger partial charge in [-0.3, -0.25) is 4.98 Å². The molecule has 0 fully saturated rings. The average Bonchev–Trinajstić information content (AvgIpc) is 2.80. The highest BCUT2D eigenvalue weighted by Crippen LogP contribution is 2.26. The fourth-order valence-corrected chi connectivity index (χ4v) is 2.90. The Morgan fingerprint density at radius 1 is 0.867 bits per heavy atom. The van der Waals surface area contributed by atoms with E-state index in [-0.39, 0.29) is 5.88 Å². The van der Waals surface area contributed by atoms with E-state index in [9.17, 15) is 5.11 Å². The van der Waals surface area contributed by atoms with Gasteiger partial charge in [0.1, 0.15) is 11.6 Å². The average molecular weight is 399 g/mol. The van der Waals surface area contributed by atoms with Crippen LogP contribution in [0.5, 0.6) is 5.88 Å². The number of hydrogen-bond donors (Lipinski definition) is 2. The van der Waals surface area contributed by atoms with Crippen molar-refractivity contribution < 1.29 is 5.11 Å². The van der Waals surface area contributed by atoms with Crippen molar-refractivity contribution in [3.05, 3.63) is 78.8 Å². The summed E-state index contributed by atoms with van der Waals surface area (Å²) in [6.07, 6.45) is 4.23. The normalized spacial score (nSPS) is 10.6. The molecular formula is C22H21N7O. The fourth-order valence-electron chi connectivity index (χ4n) is 2.90. The van der Waals surface area contributed by atoms with E-state index in [0.29, 0.717) is 30.0 Å². The molecule has 2 N–H and O–H groups in total. The summed E-state index contributed by atoms with van der Waals surface area (Å²) in [5.41, 5.74) is 1.82. The molecule has 0 amide bonds. The summed E-state index contributed by atoms with van der Waals surface area (Å²) in [5.74, 6) is 2.02. The lowest BCUT2D eigenvalue weighted by atomic mass is 10.2. The predicted molar refractivity (Wildman–Crippen MR) is 116 cm³/mol. The second-order valence-electron chi connectivity index (χ2n) is 6.57. The molecule has 150 valence electrons. The van der Waals surface area contributed by atoms with Gasteiger partial charge >= 0.3 is 0 Å². The largest absolute Gasteiger partial charge is 0.493 e. The van der Waals surface area contributed by atoms with Gasteiger partial charge in [-0.25, -0.2) is 9.97 Å². The molecule has 0 atom stereocenters. The summed E-state index contributed by atoms with van der Waals surface area (Å²) in [5, 5.41) is 13.3. The SMILES string of the molecule is CN(c1ccnc(NCCc2ccccn2)n1)c1cc(O)nc(-c2ccccc2)n1. The molecule has 4 rings (SSSR count). The molecule has 0 bridgehead atoms. The van der Waals surface area contributed by atoms with E-state index in [0.717, 1.165) is 17.7 Å². The molecule has 0 saturated heterocycles. The van der Waals surface area contributed by atoms with Gasteiger partial charge in [0.05, 0.1) is 0 Å². The Bertz CT molecular complexity index is 1110. The van der Waals surface area contributed by atoms with E-state index in [2.05, 4.69) is 30.2 Å². The third-order valence-electron chi connectivity index (χ3n) is 4.45. The van der Waals surface area contributed by atoms with Gasteiger partial charge in [-0.05, 0) is 18.2 Å². The van der Waals surface area contributed by atoms with Gasteiger partial charge in [0.2, 0.25) is 11.8 Å². The van der Waals surface area contributed by atoms with Gasteiger partial charge in [0.25, 0.3) is 0 Å². The zero-order valence-corrected chi connectivity index (χ0v) is 16.5. The molecular weight excluding hydrogens is 378 g/mol. The molecule has 8 heteroatoms. The Morgan fingerprint density at radius 3 is 2.50 bits per heavy atom. The van der Waals surface area contributed by atoms with Crippen LogP contribution in [0.1, 0.15) is 5.69 Å². The third-order valence-corrected chi connectivity index (χ3v) is 4.45. The highest BCUT2D eigenvalue weighted by atomic mass is 16.3. The first-order valence-electron chi connectivity index (χ1n) is 9.53. The van der Waals surface area contributed by atoms with Crippen molar-refractivity contribution in [3.63, 3.8) is 0 Å². The van der Waals surface area contributed by atoms with Crippen molar-refractivity contribution in [1.29, 1.82) is 0 Å². The Labute approximate surface area is 174 Å². The number of aromatic nitrogens is 5. The van der Waals surface area contributed by atoms with Crippen LogP contribution in [-0.2, 0) is 6.42 Å². The van der Waals surface area contributed by atoms with Crippen LogP contribution in [-0.4, -0.2) is 43.6 Å². The van der Waals surface area contributed by atoms with Crippen molar-refractivity contribution in [3.8, 4) is 17.3 Å². The smallest absolute Gasteiger partial charge is 0.224 e. The zero-order chi connectivity index (χ0) is 20.8. The molecule has 0 aliphatic rings. The lowest BCUT2D eigenvalue weighted by Gasteiger charge is -2.18. The molecule has 0 aliphatic carbocycles. The Balaban J connectivity index is 1.50.